The molecule has 0 amide bonds. The molecular formula is C39H50F4N4O4. The van der Waals surface area contributed by atoms with E-state index in [1.807, 2.05) is 6.07 Å². The normalized spacial score (nSPS) is 18.4. The fourth-order valence-corrected chi connectivity index (χ4v) is 7.23. The number of aromatic nitrogens is 4. The minimum atomic E-state index is -2.53. The van der Waals surface area contributed by atoms with Gasteiger partial charge in [-0.2, -0.15) is 0 Å². The first-order chi connectivity index (χ1) is 23.7. The van der Waals surface area contributed by atoms with E-state index >= 15 is 0 Å². The Hall–Kier alpha value is -3.96. The van der Waals surface area contributed by atoms with Crippen molar-refractivity contribution in [2.24, 2.45) is 11.8 Å². The molecule has 8 nitrogen and oxygen atoms in total. The molecule has 2 fully saturated rings. The molecule has 4 aromatic rings. The van der Waals surface area contributed by atoms with Crippen molar-refractivity contribution in [1.82, 2.24) is 19.1 Å². The summed E-state index contributed by atoms with van der Waals surface area (Å²) in [5.74, 6) is -4.25. The Morgan fingerprint density at radius 3 is 1.45 bits per heavy atom. The lowest BCUT2D eigenvalue weighted by molar-refractivity contribution is -0.0478. The second-order valence-electron chi connectivity index (χ2n) is 16.4. The largest absolute Gasteiger partial charge is 0.478 e. The van der Waals surface area contributed by atoms with Gasteiger partial charge in [-0.25, -0.2) is 37.1 Å². The minimum Gasteiger partial charge on any atom is -0.478 e. The summed E-state index contributed by atoms with van der Waals surface area (Å²) in [7, 11) is 1.35. The van der Waals surface area contributed by atoms with E-state index in [-0.39, 0.29) is 53.9 Å². The first-order valence-corrected chi connectivity index (χ1v) is 17.8. The van der Waals surface area contributed by atoms with Crippen molar-refractivity contribution in [2.75, 3.05) is 7.11 Å². The zero-order chi connectivity index (χ0) is 37.5. The molecule has 51 heavy (non-hydrogen) atoms. The summed E-state index contributed by atoms with van der Waals surface area (Å²) in [4.78, 5) is 32.4. The Labute approximate surface area is 296 Å². The molecule has 2 heterocycles. The molecule has 0 atom stereocenters. The molecule has 12 heteroatoms. The highest BCUT2D eigenvalue weighted by Crippen LogP contribution is 2.39. The summed E-state index contributed by atoms with van der Waals surface area (Å²) in [6.45, 7) is 13.7. The van der Waals surface area contributed by atoms with Gasteiger partial charge in [-0.3, -0.25) is 0 Å². The number of rotatable bonds is 6. The summed E-state index contributed by atoms with van der Waals surface area (Å²) in [5.41, 5.74) is 3.43. The predicted octanol–water partition coefficient (Wildman–Crippen LogP) is 9.80. The van der Waals surface area contributed by atoms with Crippen LogP contribution >= 0.6 is 0 Å². The zero-order valence-electron chi connectivity index (χ0n) is 30.7. The second-order valence-corrected chi connectivity index (χ2v) is 16.4. The van der Waals surface area contributed by atoms with Gasteiger partial charge in [-0.1, -0.05) is 41.5 Å². The van der Waals surface area contributed by atoms with Crippen LogP contribution in [0.3, 0.4) is 0 Å². The van der Waals surface area contributed by atoms with Crippen LogP contribution < -0.4 is 0 Å². The highest BCUT2D eigenvalue weighted by atomic mass is 19.3. The van der Waals surface area contributed by atoms with Crippen molar-refractivity contribution >= 4 is 34.0 Å². The molecule has 2 aromatic carbocycles. The van der Waals surface area contributed by atoms with E-state index in [1.54, 1.807) is 30.3 Å². The quantitative estimate of drug-likeness (QED) is 0.158. The minimum absolute atomic E-state index is 0.0400. The van der Waals surface area contributed by atoms with Gasteiger partial charge >= 0.3 is 11.9 Å². The fraction of sp³-hybridized carbons (Fsp3) is 0.590. The average molecular weight is 715 g/mol. The molecule has 2 aromatic heterocycles. The molecule has 2 saturated carbocycles. The van der Waals surface area contributed by atoms with Crippen LogP contribution in [0, 0.1) is 11.8 Å². The molecule has 0 unspecified atom stereocenters. The van der Waals surface area contributed by atoms with Gasteiger partial charge < -0.3 is 19.0 Å². The molecular weight excluding hydrogens is 664 g/mol. The Morgan fingerprint density at radius 1 is 0.725 bits per heavy atom. The number of esters is 1. The second kappa shape index (κ2) is 14.2. The monoisotopic (exact) mass is 714 g/mol. The molecule has 6 rings (SSSR count). The van der Waals surface area contributed by atoms with E-state index in [9.17, 15) is 32.3 Å². The van der Waals surface area contributed by atoms with Gasteiger partial charge in [0, 0.05) is 49.6 Å². The van der Waals surface area contributed by atoms with Gasteiger partial charge in [0.25, 0.3) is 0 Å². The zero-order valence-corrected chi connectivity index (χ0v) is 30.7. The van der Waals surface area contributed by atoms with Crippen molar-refractivity contribution in [3.63, 3.8) is 0 Å². The van der Waals surface area contributed by atoms with E-state index in [2.05, 4.69) is 55.7 Å². The fourth-order valence-electron chi connectivity index (χ4n) is 7.23. The summed E-state index contributed by atoms with van der Waals surface area (Å²) in [5, 5.41) is 9.18. The van der Waals surface area contributed by atoms with Crippen molar-refractivity contribution in [2.45, 2.75) is 129 Å². The summed E-state index contributed by atoms with van der Waals surface area (Å²) >= 11 is 0. The van der Waals surface area contributed by atoms with Crippen LogP contribution in [-0.4, -0.2) is 55.1 Å². The maximum Gasteiger partial charge on any atom is 0.337 e. The number of methoxy groups -OCH3 is 1. The third kappa shape index (κ3) is 8.92. The van der Waals surface area contributed by atoms with Crippen molar-refractivity contribution < 1.29 is 37.0 Å². The van der Waals surface area contributed by atoms with Crippen molar-refractivity contribution in [3.05, 3.63) is 59.2 Å². The van der Waals surface area contributed by atoms with E-state index in [0.717, 1.165) is 28.2 Å². The number of hydrogen-bond acceptors (Lipinski definition) is 5. The number of carbonyl (C=O) groups is 2. The number of nitrogens with zero attached hydrogens (tertiary/aromatic N) is 4. The summed E-state index contributed by atoms with van der Waals surface area (Å²) < 4.78 is 62.8. The molecule has 0 saturated heterocycles. The molecule has 0 radical (unpaired) electrons. The van der Waals surface area contributed by atoms with Crippen LogP contribution in [0.4, 0.5) is 17.6 Å². The van der Waals surface area contributed by atoms with Crippen LogP contribution in [0.5, 0.6) is 0 Å². The number of aromatic carboxylic acids is 1. The predicted molar refractivity (Wildman–Crippen MR) is 189 cm³/mol. The number of halogens is 4. The third-order valence-electron chi connectivity index (χ3n) is 10.1. The molecule has 1 N–H and O–H groups in total. The maximum absolute atomic E-state index is 13.5. The van der Waals surface area contributed by atoms with Crippen molar-refractivity contribution in [3.8, 4) is 0 Å². The standard InChI is InChI=1S/C20H26F2N2O2.C19H24F2N2O2/c1-19(2,3)18-23-15-11-14(17(25)26-4)5-6-16(15)24(18)12-13-7-9-20(21,22)10-8-13;1-18(2,3)17-22-14-10-13(16(24)25)4-5-15(14)23(17)11-12-6-8-19(20,21)9-7-12/h5-6,11,13H,7-10,12H2,1-4H3;4-5,10,12H,6-9,11H2,1-3H3,(H,24,25). The topological polar surface area (TPSA) is 99.2 Å². The lowest BCUT2D eigenvalue weighted by Gasteiger charge is -2.30. The Kier molecular flexibility index (Phi) is 10.7. The van der Waals surface area contributed by atoms with Crippen LogP contribution in [0.15, 0.2) is 36.4 Å². The van der Waals surface area contributed by atoms with Gasteiger partial charge in [0.05, 0.1) is 40.3 Å². The maximum atomic E-state index is 13.5. The van der Waals surface area contributed by atoms with E-state index < -0.39 is 23.8 Å². The van der Waals surface area contributed by atoms with Gasteiger partial charge in [0.1, 0.15) is 11.6 Å². The number of carbonyl (C=O) groups excluding carboxylic acids is 1. The van der Waals surface area contributed by atoms with Gasteiger partial charge in [0.2, 0.25) is 11.8 Å². The SMILES string of the molecule is CC(C)(C)c1nc2cc(C(=O)O)ccc2n1CC1CCC(F)(F)CC1.COC(=O)c1ccc2c(c1)nc(C(C)(C)C)n2CC1CCC(F)(F)CC1. The highest BCUT2D eigenvalue weighted by Gasteiger charge is 2.37. The van der Waals surface area contributed by atoms with Gasteiger partial charge in [-0.05, 0) is 73.9 Å². The summed E-state index contributed by atoms with van der Waals surface area (Å²) in [6, 6.07) is 10.3. The molecule has 278 valence electrons. The number of carboxylic acids is 1. The third-order valence-corrected chi connectivity index (χ3v) is 10.1. The molecule has 2 aliphatic carbocycles. The number of hydrogen-bond donors (Lipinski definition) is 1. The molecule has 0 spiro atoms. The lowest BCUT2D eigenvalue weighted by atomic mass is 9.86. The molecule has 2 aliphatic rings. The van der Waals surface area contributed by atoms with Crippen molar-refractivity contribution in [1.29, 1.82) is 0 Å². The number of imidazole rings is 2. The summed E-state index contributed by atoms with van der Waals surface area (Å²) in [6.07, 6.45) is 1.86. The van der Waals surface area contributed by atoms with Gasteiger partial charge in [-0.15, -0.1) is 0 Å². The Balaban J connectivity index is 0.000000198. The lowest BCUT2D eigenvalue weighted by Crippen LogP contribution is -2.28. The smallest absolute Gasteiger partial charge is 0.337 e. The first-order valence-electron chi connectivity index (χ1n) is 17.8. The first kappa shape index (κ1) is 38.3. The average Bonchev–Trinajstić information content (AvgIpc) is 3.61. The van der Waals surface area contributed by atoms with E-state index in [1.165, 1.54) is 7.11 Å². The number of carboxylic acid groups (broad SMARTS) is 1. The Morgan fingerprint density at radius 2 is 1.10 bits per heavy atom. The van der Waals surface area contributed by atoms with Crippen LogP contribution in [0.25, 0.3) is 22.1 Å². The highest BCUT2D eigenvalue weighted by molar-refractivity contribution is 5.94. The molecule has 0 aliphatic heterocycles. The van der Waals surface area contributed by atoms with Crippen LogP contribution in [0.1, 0.15) is 125 Å². The number of ether oxygens (including phenoxy) is 1. The van der Waals surface area contributed by atoms with Gasteiger partial charge in [0.15, 0.2) is 0 Å². The van der Waals surface area contributed by atoms with E-state index in [4.69, 9.17) is 9.72 Å². The van der Waals surface area contributed by atoms with E-state index in [0.29, 0.717) is 49.9 Å². The number of benzene rings is 2. The number of fused-ring (bicyclic) bond motifs is 2. The number of alkyl halides is 4. The van der Waals surface area contributed by atoms with Crippen LogP contribution in [-0.2, 0) is 28.7 Å². The Bertz CT molecular complexity index is 1880. The van der Waals surface area contributed by atoms with Crippen LogP contribution in [0.2, 0.25) is 0 Å². The molecule has 0 bridgehead atoms.